The maximum absolute atomic E-state index is 10.7. The highest BCUT2D eigenvalue weighted by Gasteiger charge is 2.10. The Balaban J connectivity index is 2.70. The molecule has 17 heavy (non-hydrogen) atoms. The van der Waals surface area contributed by atoms with Crippen LogP contribution in [0.4, 0.5) is 11.4 Å². The minimum Gasteiger partial charge on any atom is -0.491 e. The van der Waals surface area contributed by atoms with E-state index < -0.39 is 4.92 Å². The highest BCUT2D eigenvalue weighted by Crippen LogP contribution is 2.25. The van der Waals surface area contributed by atoms with Gasteiger partial charge in [-0.2, -0.15) is 0 Å². The first-order chi connectivity index (χ1) is 8.17. The van der Waals surface area contributed by atoms with Gasteiger partial charge in [0.15, 0.2) is 0 Å². The Hall–Kier alpha value is -1.86. The molecule has 0 saturated heterocycles. The fourth-order valence-corrected chi connectivity index (χ4v) is 1.22. The van der Waals surface area contributed by atoms with Crippen molar-refractivity contribution in [3.63, 3.8) is 0 Å². The fraction of sp³-hybridized carbons (Fsp3) is 0.400. The highest BCUT2D eigenvalue weighted by molar-refractivity contribution is 5.55. The van der Waals surface area contributed by atoms with Crippen LogP contribution in [0.5, 0.6) is 5.75 Å². The summed E-state index contributed by atoms with van der Waals surface area (Å²) in [7, 11) is 0. The zero-order valence-electron chi connectivity index (χ0n) is 9.51. The van der Waals surface area contributed by atoms with Crippen LogP contribution >= 0.6 is 0 Å². The van der Waals surface area contributed by atoms with Crippen LogP contribution in [0.15, 0.2) is 18.2 Å². The van der Waals surface area contributed by atoms with E-state index in [2.05, 4.69) is 5.43 Å². The number of rotatable bonds is 7. The van der Waals surface area contributed by atoms with E-state index in [4.69, 9.17) is 15.3 Å². The second-order valence-corrected chi connectivity index (χ2v) is 3.16. The van der Waals surface area contributed by atoms with Crippen molar-refractivity contribution in [1.82, 2.24) is 0 Å². The molecule has 0 aromatic heterocycles. The van der Waals surface area contributed by atoms with Crippen molar-refractivity contribution >= 4 is 11.4 Å². The third kappa shape index (κ3) is 4.25. The predicted octanol–water partition coefficient (Wildman–Crippen LogP) is 1.30. The number of nitrogens with two attached hydrogens (primary N) is 1. The van der Waals surface area contributed by atoms with Crippen LogP contribution in [-0.2, 0) is 4.74 Å². The molecule has 0 radical (unpaired) electrons. The van der Waals surface area contributed by atoms with E-state index in [-0.39, 0.29) is 5.69 Å². The summed E-state index contributed by atoms with van der Waals surface area (Å²) in [5.74, 6) is 5.59. The van der Waals surface area contributed by atoms with Gasteiger partial charge in [-0.1, -0.05) is 0 Å². The van der Waals surface area contributed by atoms with Crippen molar-refractivity contribution in [1.29, 1.82) is 0 Å². The summed E-state index contributed by atoms with van der Waals surface area (Å²) in [6.07, 6.45) is 0. The second kappa shape index (κ2) is 6.66. The molecule has 0 aliphatic carbocycles. The smallest absolute Gasteiger partial charge is 0.275 e. The molecule has 1 aromatic rings. The summed E-state index contributed by atoms with van der Waals surface area (Å²) in [5.41, 5.74) is 2.69. The number of ether oxygens (including phenoxy) is 2. The maximum Gasteiger partial charge on any atom is 0.275 e. The number of anilines is 1. The molecule has 0 saturated carbocycles. The van der Waals surface area contributed by atoms with Gasteiger partial charge in [0.05, 0.1) is 23.3 Å². The van der Waals surface area contributed by atoms with Gasteiger partial charge >= 0.3 is 0 Å². The molecule has 0 amide bonds. The fourth-order valence-electron chi connectivity index (χ4n) is 1.22. The number of hydrazine groups is 1. The molecule has 3 N–H and O–H groups in total. The van der Waals surface area contributed by atoms with Crippen molar-refractivity contribution in [2.24, 2.45) is 5.84 Å². The maximum atomic E-state index is 10.7. The molecule has 7 heteroatoms. The summed E-state index contributed by atoms with van der Waals surface area (Å²) in [6, 6.07) is 4.25. The van der Waals surface area contributed by atoms with E-state index in [1.54, 1.807) is 6.07 Å². The molecule has 0 atom stereocenters. The van der Waals surface area contributed by atoms with Crippen LogP contribution in [-0.4, -0.2) is 24.7 Å². The molecular formula is C10H15N3O4. The Morgan fingerprint density at radius 2 is 2.18 bits per heavy atom. The molecule has 0 aliphatic rings. The van der Waals surface area contributed by atoms with E-state index in [0.29, 0.717) is 31.3 Å². The number of hydrogen-bond acceptors (Lipinski definition) is 6. The number of hydrogen-bond donors (Lipinski definition) is 2. The molecular weight excluding hydrogens is 226 g/mol. The minimum absolute atomic E-state index is 0.0770. The Bertz CT molecular complexity index is 384. The third-order valence-electron chi connectivity index (χ3n) is 1.97. The van der Waals surface area contributed by atoms with E-state index in [1.165, 1.54) is 12.1 Å². The van der Waals surface area contributed by atoms with Gasteiger partial charge in [-0.05, 0) is 6.92 Å². The molecule has 0 aliphatic heterocycles. The molecule has 0 fully saturated rings. The van der Waals surface area contributed by atoms with E-state index >= 15 is 0 Å². The number of nitro groups is 1. The van der Waals surface area contributed by atoms with Gasteiger partial charge in [-0.3, -0.25) is 16.0 Å². The minimum atomic E-state index is -0.504. The van der Waals surface area contributed by atoms with Crippen LogP contribution in [0, 0.1) is 10.1 Å². The average Bonchev–Trinajstić information content (AvgIpc) is 2.34. The number of nitrogen functional groups attached to an aromatic ring is 1. The van der Waals surface area contributed by atoms with Crippen molar-refractivity contribution in [3.05, 3.63) is 28.3 Å². The predicted molar refractivity (Wildman–Crippen MR) is 62.9 cm³/mol. The topological polar surface area (TPSA) is 99.7 Å². The Labute approximate surface area is 98.6 Å². The summed E-state index contributed by atoms with van der Waals surface area (Å²) in [4.78, 5) is 10.2. The number of non-ortho nitro benzene ring substituents is 1. The molecule has 94 valence electrons. The standard InChI is InChI=1S/C10H15N3O4/c1-2-16-3-4-17-10-6-8(12-11)5-9(7-10)13(14)15/h5-7,12H,2-4,11H2,1H3. The lowest BCUT2D eigenvalue weighted by Crippen LogP contribution is -2.09. The van der Waals surface area contributed by atoms with E-state index in [9.17, 15) is 10.1 Å². The molecule has 1 rings (SSSR count). The second-order valence-electron chi connectivity index (χ2n) is 3.16. The van der Waals surface area contributed by atoms with Crippen LogP contribution in [0.25, 0.3) is 0 Å². The van der Waals surface area contributed by atoms with Gasteiger partial charge in [0.1, 0.15) is 12.4 Å². The molecule has 0 bridgehead atoms. The number of nitrogens with zero attached hydrogens (tertiary/aromatic N) is 1. The first kappa shape index (κ1) is 13.2. The Morgan fingerprint density at radius 1 is 1.41 bits per heavy atom. The monoisotopic (exact) mass is 241 g/mol. The van der Waals surface area contributed by atoms with Gasteiger partial charge in [-0.15, -0.1) is 0 Å². The largest absolute Gasteiger partial charge is 0.491 e. The third-order valence-corrected chi connectivity index (χ3v) is 1.97. The average molecular weight is 241 g/mol. The van der Waals surface area contributed by atoms with Crippen LogP contribution in [0.1, 0.15) is 6.92 Å². The van der Waals surface area contributed by atoms with Crippen LogP contribution in [0.3, 0.4) is 0 Å². The van der Waals surface area contributed by atoms with Gasteiger partial charge in [0, 0.05) is 18.7 Å². The van der Waals surface area contributed by atoms with Gasteiger partial charge in [0.2, 0.25) is 0 Å². The number of benzene rings is 1. The van der Waals surface area contributed by atoms with Crippen molar-refractivity contribution in [2.45, 2.75) is 6.92 Å². The van der Waals surface area contributed by atoms with Crippen LogP contribution < -0.4 is 16.0 Å². The molecule has 1 aromatic carbocycles. The van der Waals surface area contributed by atoms with Crippen molar-refractivity contribution in [2.75, 3.05) is 25.2 Å². The van der Waals surface area contributed by atoms with Gasteiger partial charge < -0.3 is 14.9 Å². The van der Waals surface area contributed by atoms with E-state index in [1.807, 2.05) is 6.92 Å². The molecule has 0 unspecified atom stereocenters. The highest BCUT2D eigenvalue weighted by atomic mass is 16.6. The van der Waals surface area contributed by atoms with Gasteiger partial charge in [0.25, 0.3) is 5.69 Å². The van der Waals surface area contributed by atoms with E-state index in [0.717, 1.165) is 0 Å². The zero-order valence-corrected chi connectivity index (χ0v) is 9.51. The Kier molecular flexibility index (Phi) is 5.18. The lowest BCUT2D eigenvalue weighted by atomic mass is 10.2. The molecule has 0 heterocycles. The first-order valence-electron chi connectivity index (χ1n) is 5.14. The first-order valence-corrected chi connectivity index (χ1v) is 5.14. The van der Waals surface area contributed by atoms with Crippen molar-refractivity contribution < 1.29 is 14.4 Å². The lowest BCUT2D eigenvalue weighted by molar-refractivity contribution is -0.384. The zero-order chi connectivity index (χ0) is 12.7. The SMILES string of the molecule is CCOCCOc1cc(NN)cc([N+](=O)[O-])c1. The summed E-state index contributed by atoms with van der Waals surface area (Å²) >= 11 is 0. The number of nitrogens with one attached hydrogen (secondary N) is 1. The van der Waals surface area contributed by atoms with Crippen molar-refractivity contribution in [3.8, 4) is 5.75 Å². The summed E-state index contributed by atoms with van der Waals surface area (Å²) in [5, 5.41) is 10.7. The summed E-state index contributed by atoms with van der Waals surface area (Å²) in [6.45, 7) is 3.25. The lowest BCUT2D eigenvalue weighted by Gasteiger charge is -2.08. The van der Waals surface area contributed by atoms with Gasteiger partial charge in [-0.25, -0.2) is 0 Å². The normalized spacial score (nSPS) is 10.0. The Morgan fingerprint density at radius 3 is 2.76 bits per heavy atom. The summed E-state index contributed by atoms with van der Waals surface area (Å²) < 4.78 is 10.4. The molecule has 7 nitrogen and oxygen atoms in total. The molecule has 0 spiro atoms. The van der Waals surface area contributed by atoms with Crippen LogP contribution in [0.2, 0.25) is 0 Å². The quantitative estimate of drug-likeness (QED) is 0.323. The number of nitro benzene ring substituents is 1.